The smallest absolute Gasteiger partial charge is 0.258 e. The molecule has 0 unspecified atom stereocenters. The number of benzene rings is 2. The number of nitrogens with zero attached hydrogens (tertiary/aromatic N) is 2. The van der Waals surface area contributed by atoms with Gasteiger partial charge in [-0.3, -0.25) is 14.6 Å². The number of rotatable bonds is 5. The normalized spacial score (nSPS) is 11.1. The highest BCUT2D eigenvalue weighted by Crippen LogP contribution is 2.23. The van der Waals surface area contributed by atoms with Crippen LogP contribution in [0.5, 0.6) is 0 Å². The molecule has 1 heterocycles. The zero-order chi connectivity index (χ0) is 21.7. The number of amidine groups is 1. The number of aliphatic imine (C=N–C) groups is 1. The summed E-state index contributed by atoms with van der Waals surface area (Å²) in [6.07, 6.45) is 1.57. The molecule has 0 saturated heterocycles. The van der Waals surface area contributed by atoms with E-state index in [-0.39, 0.29) is 11.5 Å². The summed E-state index contributed by atoms with van der Waals surface area (Å²) >= 11 is 9.35. The highest BCUT2D eigenvalue weighted by molar-refractivity contribution is 9.10. The number of anilines is 2. The van der Waals surface area contributed by atoms with Crippen molar-refractivity contribution in [3.63, 3.8) is 0 Å². The molecule has 152 valence electrons. The van der Waals surface area contributed by atoms with Gasteiger partial charge in [-0.25, -0.2) is 4.98 Å². The van der Waals surface area contributed by atoms with Crippen LogP contribution in [0.15, 0.2) is 70.3 Å². The molecule has 0 aliphatic carbocycles. The molecular weight excluding hydrogens is 470 g/mol. The maximum atomic E-state index is 12.7. The van der Waals surface area contributed by atoms with Gasteiger partial charge in [-0.05, 0) is 58.4 Å². The molecule has 0 fully saturated rings. The lowest BCUT2D eigenvalue weighted by Gasteiger charge is -2.12. The predicted octanol–water partition coefficient (Wildman–Crippen LogP) is 4.34. The lowest BCUT2D eigenvalue weighted by Crippen LogP contribution is -2.19. The molecule has 4 N–H and O–H groups in total. The zero-order valence-electron chi connectivity index (χ0n) is 15.8. The fraction of sp³-hybridized carbons (Fsp3) is 0.0476. The molecule has 0 bridgehead atoms. The molecule has 0 radical (unpaired) electrons. The molecular formula is C21H17BrClN5O2. The summed E-state index contributed by atoms with van der Waals surface area (Å²) in [5, 5.41) is 5.79. The first-order chi connectivity index (χ1) is 14.4. The first-order valence-electron chi connectivity index (χ1n) is 8.74. The highest BCUT2D eigenvalue weighted by Gasteiger charge is 2.16. The number of pyridine rings is 1. The van der Waals surface area contributed by atoms with Crippen molar-refractivity contribution in [3.05, 3.63) is 87.0 Å². The predicted molar refractivity (Wildman–Crippen MR) is 122 cm³/mol. The van der Waals surface area contributed by atoms with Crippen LogP contribution in [0.3, 0.4) is 0 Å². The van der Waals surface area contributed by atoms with E-state index in [4.69, 9.17) is 17.3 Å². The molecule has 2 amide bonds. The van der Waals surface area contributed by atoms with Crippen LogP contribution in [0.4, 0.5) is 11.5 Å². The number of aromatic nitrogens is 1. The Balaban J connectivity index is 1.81. The fourth-order valence-electron chi connectivity index (χ4n) is 2.56. The fourth-order valence-corrected chi connectivity index (χ4v) is 2.97. The summed E-state index contributed by atoms with van der Waals surface area (Å²) in [4.78, 5) is 33.4. The Bertz CT molecular complexity index is 1120. The number of nitrogens with one attached hydrogen (secondary N) is 2. The Hall–Kier alpha value is -3.23. The van der Waals surface area contributed by atoms with E-state index in [1.165, 1.54) is 6.07 Å². The quantitative estimate of drug-likeness (QED) is 0.368. The SMILES string of the molecule is CN=C(N)c1ccc(C(=O)Nc2ccc(Cl)cc2C(=O)Nc2ccc(Br)cn2)cc1. The Labute approximate surface area is 186 Å². The van der Waals surface area contributed by atoms with Crippen molar-refractivity contribution >= 4 is 56.7 Å². The van der Waals surface area contributed by atoms with Crippen molar-refractivity contribution in [1.29, 1.82) is 0 Å². The second-order valence-electron chi connectivity index (χ2n) is 6.15. The summed E-state index contributed by atoms with van der Waals surface area (Å²) in [5.41, 5.74) is 7.41. The van der Waals surface area contributed by atoms with Gasteiger partial charge in [0.1, 0.15) is 11.7 Å². The average Bonchev–Trinajstić information content (AvgIpc) is 2.76. The summed E-state index contributed by atoms with van der Waals surface area (Å²) in [5.74, 6) is -0.0945. The Morgan fingerprint density at radius 3 is 2.33 bits per heavy atom. The van der Waals surface area contributed by atoms with E-state index < -0.39 is 5.91 Å². The van der Waals surface area contributed by atoms with Crippen LogP contribution in [-0.4, -0.2) is 29.7 Å². The number of carbonyl (C=O) groups is 2. The Morgan fingerprint density at radius 1 is 1.00 bits per heavy atom. The second kappa shape index (κ2) is 9.51. The second-order valence-corrected chi connectivity index (χ2v) is 7.50. The monoisotopic (exact) mass is 485 g/mol. The maximum absolute atomic E-state index is 12.7. The molecule has 0 spiro atoms. The molecule has 7 nitrogen and oxygen atoms in total. The van der Waals surface area contributed by atoms with Crippen molar-refractivity contribution < 1.29 is 9.59 Å². The van der Waals surface area contributed by atoms with Crippen molar-refractivity contribution in [1.82, 2.24) is 4.98 Å². The summed E-state index contributed by atoms with van der Waals surface area (Å²) in [6.45, 7) is 0. The highest BCUT2D eigenvalue weighted by atomic mass is 79.9. The van der Waals surface area contributed by atoms with Crippen LogP contribution in [0.2, 0.25) is 5.02 Å². The molecule has 0 saturated carbocycles. The minimum Gasteiger partial charge on any atom is -0.384 e. The van der Waals surface area contributed by atoms with Gasteiger partial charge in [0.2, 0.25) is 0 Å². The molecule has 2 aromatic carbocycles. The van der Waals surface area contributed by atoms with E-state index in [1.54, 1.807) is 61.8 Å². The molecule has 3 aromatic rings. The number of amides is 2. The van der Waals surface area contributed by atoms with Crippen LogP contribution in [-0.2, 0) is 0 Å². The van der Waals surface area contributed by atoms with E-state index in [9.17, 15) is 9.59 Å². The van der Waals surface area contributed by atoms with Crippen LogP contribution >= 0.6 is 27.5 Å². The third-order valence-corrected chi connectivity index (χ3v) is 4.83. The van der Waals surface area contributed by atoms with Crippen LogP contribution in [0, 0.1) is 0 Å². The average molecular weight is 487 g/mol. The van der Waals surface area contributed by atoms with E-state index in [0.717, 1.165) is 4.47 Å². The largest absolute Gasteiger partial charge is 0.384 e. The molecule has 30 heavy (non-hydrogen) atoms. The maximum Gasteiger partial charge on any atom is 0.258 e. The van der Waals surface area contributed by atoms with Crippen LogP contribution < -0.4 is 16.4 Å². The number of nitrogens with two attached hydrogens (primary N) is 1. The van der Waals surface area contributed by atoms with E-state index in [1.807, 2.05) is 0 Å². The zero-order valence-corrected chi connectivity index (χ0v) is 18.2. The number of halogens is 2. The third-order valence-electron chi connectivity index (χ3n) is 4.13. The summed E-state index contributed by atoms with van der Waals surface area (Å²) < 4.78 is 0.786. The van der Waals surface area contributed by atoms with Gasteiger partial charge in [-0.2, -0.15) is 0 Å². The standard InChI is InChI=1S/C21H17BrClN5O2/c1-25-19(24)12-2-4-13(5-3-12)20(29)27-17-8-7-15(23)10-16(17)21(30)28-18-9-6-14(22)11-26-18/h2-11H,1H3,(H2,24,25)(H,27,29)(H,26,28,30). The summed E-state index contributed by atoms with van der Waals surface area (Å²) in [6, 6.07) is 14.7. The number of hydrogen-bond acceptors (Lipinski definition) is 4. The first-order valence-corrected chi connectivity index (χ1v) is 9.91. The lowest BCUT2D eigenvalue weighted by atomic mass is 10.1. The van der Waals surface area contributed by atoms with Crippen LogP contribution in [0.1, 0.15) is 26.3 Å². The topological polar surface area (TPSA) is 109 Å². The van der Waals surface area contributed by atoms with Crippen molar-refractivity contribution in [2.24, 2.45) is 10.7 Å². The molecule has 1 aromatic heterocycles. The minimum absolute atomic E-state index is 0.208. The van der Waals surface area contributed by atoms with Crippen LogP contribution in [0.25, 0.3) is 0 Å². The van der Waals surface area contributed by atoms with Crippen molar-refractivity contribution in [3.8, 4) is 0 Å². The lowest BCUT2D eigenvalue weighted by molar-refractivity contribution is 0.102. The first kappa shape index (κ1) is 21.5. The minimum atomic E-state index is -0.454. The van der Waals surface area contributed by atoms with E-state index in [0.29, 0.717) is 33.5 Å². The molecule has 0 atom stereocenters. The van der Waals surface area contributed by atoms with E-state index >= 15 is 0 Å². The van der Waals surface area contributed by atoms with Gasteiger partial charge in [0, 0.05) is 33.9 Å². The van der Waals surface area contributed by atoms with Gasteiger partial charge in [-0.15, -0.1) is 0 Å². The molecule has 3 rings (SSSR count). The van der Waals surface area contributed by atoms with Gasteiger partial charge in [-0.1, -0.05) is 23.7 Å². The van der Waals surface area contributed by atoms with Gasteiger partial charge in [0.05, 0.1) is 11.3 Å². The van der Waals surface area contributed by atoms with E-state index in [2.05, 4.69) is 36.5 Å². The van der Waals surface area contributed by atoms with Gasteiger partial charge in [0.15, 0.2) is 0 Å². The molecule has 0 aliphatic rings. The molecule has 0 aliphatic heterocycles. The van der Waals surface area contributed by atoms with Crippen molar-refractivity contribution in [2.45, 2.75) is 0 Å². The Kier molecular flexibility index (Phi) is 6.81. The Morgan fingerprint density at radius 2 is 1.70 bits per heavy atom. The molecule has 9 heteroatoms. The van der Waals surface area contributed by atoms with Gasteiger partial charge in [0.25, 0.3) is 11.8 Å². The summed E-state index contributed by atoms with van der Waals surface area (Å²) in [7, 11) is 1.59. The third kappa shape index (κ3) is 5.22. The van der Waals surface area contributed by atoms with Gasteiger partial charge >= 0.3 is 0 Å². The van der Waals surface area contributed by atoms with Gasteiger partial charge < -0.3 is 16.4 Å². The number of hydrogen-bond donors (Lipinski definition) is 3. The number of carbonyl (C=O) groups excluding carboxylic acids is 2. The van der Waals surface area contributed by atoms with Crippen molar-refractivity contribution in [2.75, 3.05) is 17.7 Å².